The van der Waals surface area contributed by atoms with Crippen LogP contribution in [0.25, 0.3) is 0 Å². The van der Waals surface area contributed by atoms with E-state index < -0.39 is 12.0 Å². The zero-order chi connectivity index (χ0) is 16.3. The van der Waals surface area contributed by atoms with Crippen molar-refractivity contribution in [2.24, 2.45) is 11.8 Å². The van der Waals surface area contributed by atoms with Gasteiger partial charge in [-0.05, 0) is 31.6 Å². The minimum atomic E-state index is -0.752. The van der Waals surface area contributed by atoms with E-state index in [0.29, 0.717) is 38.8 Å². The van der Waals surface area contributed by atoms with Crippen LogP contribution in [0, 0.1) is 11.8 Å². The van der Waals surface area contributed by atoms with Crippen molar-refractivity contribution in [2.45, 2.75) is 51.6 Å². The predicted octanol–water partition coefficient (Wildman–Crippen LogP) is 0.796. The van der Waals surface area contributed by atoms with Crippen molar-refractivity contribution in [3.63, 3.8) is 0 Å². The normalized spacial score (nSPS) is 29.1. The summed E-state index contributed by atoms with van der Waals surface area (Å²) in [6.07, 6.45) is 2.53. The smallest absolute Gasteiger partial charge is 0.318 e. The monoisotopic (exact) mass is 311 g/mol. The van der Waals surface area contributed by atoms with Crippen LogP contribution in [-0.4, -0.2) is 53.1 Å². The average Bonchev–Trinajstić information content (AvgIpc) is 2.47. The third-order valence-corrected chi connectivity index (χ3v) is 4.55. The maximum Gasteiger partial charge on any atom is 0.318 e. The molecule has 1 saturated carbocycles. The number of amides is 3. The van der Waals surface area contributed by atoms with Crippen molar-refractivity contribution in [1.82, 2.24) is 15.5 Å². The molecular weight excluding hydrogens is 286 g/mol. The summed E-state index contributed by atoms with van der Waals surface area (Å²) in [7, 11) is 0. The van der Waals surface area contributed by atoms with Gasteiger partial charge < -0.3 is 20.6 Å². The number of carbonyl (C=O) groups excluding carboxylic acids is 2. The Hall–Kier alpha value is -1.79. The zero-order valence-corrected chi connectivity index (χ0v) is 13.2. The molecule has 22 heavy (non-hydrogen) atoms. The van der Waals surface area contributed by atoms with Gasteiger partial charge in [0, 0.05) is 19.1 Å². The summed E-state index contributed by atoms with van der Waals surface area (Å²) in [6.45, 7) is 4.83. The van der Waals surface area contributed by atoms with Gasteiger partial charge in [-0.1, -0.05) is 13.8 Å². The minimum Gasteiger partial charge on any atom is -0.481 e. The second-order valence-corrected chi connectivity index (χ2v) is 6.51. The summed E-state index contributed by atoms with van der Waals surface area (Å²) < 4.78 is 0. The number of rotatable bonds is 3. The quantitative estimate of drug-likeness (QED) is 0.718. The summed E-state index contributed by atoms with van der Waals surface area (Å²) in [5.74, 6) is -1.10. The second-order valence-electron chi connectivity index (χ2n) is 6.51. The average molecular weight is 311 g/mol. The molecule has 1 saturated heterocycles. The van der Waals surface area contributed by atoms with E-state index >= 15 is 0 Å². The van der Waals surface area contributed by atoms with Gasteiger partial charge in [0.1, 0.15) is 6.04 Å². The fourth-order valence-electron chi connectivity index (χ4n) is 3.32. The number of aliphatic carboxylic acids is 1. The molecule has 7 heteroatoms. The molecule has 124 valence electrons. The SMILES string of the molecule is CC(C)C1C(=O)NCCN1C(=O)NC1CCC(C(=O)O)CC1. The number of urea groups is 1. The van der Waals surface area contributed by atoms with E-state index in [9.17, 15) is 14.4 Å². The number of carboxylic acids is 1. The van der Waals surface area contributed by atoms with Crippen molar-refractivity contribution in [1.29, 1.82) is 0 Å². The number of nitrogens with one attached hydrogen (secondary N) is 2. The summed E-state index contributed by atoms with van der Waals surface area (Å²) in [5.41, 5.74) is 0. The summed E-state index contributed by atoms with van der Waals surface area (Å²) in [5, 5.41) is 14.8. The number of hydrogen-bond donors (Lipinski definition) is 3. The van der Waals surface area contributed by atoms with E-state index in [2.05, 4.69) is 10.6 Å². The van der Waals surface area contributed by atoms with Gasteiger partial charge in [0.05, 0.1) is 5.92 Å². The zero-order valence-electron chi connectivity index (χ0n) is 13.2. The Morgan fingerprint density at radius 2 is 1.91 bits per heavy atom. The Morgan fingerprint density at radius 1 is 1.27 bits per heavy atom. The number of piperazine rings is 1. The second kappa shape index (κ2) is 6.98. The van der Waals surface area contributed by atoms with Gasteiger partial charge in [0.25, 0.3) is 0 Å². The molecule has 1 aliphatic heterocycles. The lowest BCUT2D eigenvalue weighted by molar-refractivity contribution is -0.142. The first-order valence-corrected chi connectivity index (χ1v) is 7.97. The molecule has 0 bridgehead atoms. The Kier molecular flexibility index (Phi) is 5.26. The van der Waals surface area contributed by atoms with Crippen LogP contribution in [0.5, 0.6) is 0 Å². The van der Waals surface area contributed by atoms with Crippen LogP contribution in [0.2, 0.25) is 0 Å². The molecule has 0 radical (unpaired) electrons. The minimum absolute atomic E-state index is 0.000833. The number of carboxylic acid groups (broad SMARTS) is 1. The van der Waals surface area contributed by atoms with E-state index in [1.54, 1.807) is 4.90 Å². The maximum atomic E-state index is 12.5. The Bertz CT molecular complexity index is 444. The Balaban J connectivity index is 1.91. The van der Waals surface area contributed by atoms with Gasteiger partial charge in [-0.3, -0.25) is 9.59 Å². The van der Waals surface area contributed by atoms with Gasteiger partial charge >= 0.3 is 12.0 Å². The topological polar surface area (TPSA) is 98.7 Å². The third kappa shape index (κ3) is 3.69. The first kappa shape index (κ1) is 16.6. The molecule has 1 heterocycles. The third-order valence-electron chi connectivity index (χ3n) is 4.55. The molecule has 3 N–H and O–H groups in total. The molecule has 7 nitrogen and oxygen atoms in total. The van der Waals surface area contributed by atoms with Crippen molar-refractivity contribution in [3.05, 3.63) is 0 Å². The standard InChI is InChI=1S/C15H25N3O4/c1-9(2)12-13(19)16-7-8-18(12)15(22)17-11-5-3-10(4-6-11)14(20)21/h9-12H,3-8H2,1-2H3,(H,16,19)(H,17,22)(H,20,21). The highest BCUT2D eigenvalue weighted by Crippen LogP contribution is 2.25. The van der Waals surface area contributed by atoms with E-state index in [1.165, 1.54) is 0 Å². The summed E-state index contributed by atoms with van der Waals surface area (Å²) in [4.78, 5) is 37.0. The molecule has 2 fully saturated rings. The van der Waals surface area contributed by atoms with Crippen LogP contribution in [0.4, 0.5) is 4.79 Å². The molecule has 3 amide bonds. The molecular formula is C15H25N3O4. The van der Waals surface area contributed by atoms with E-state index in [1.807, 2.05) is 13.8 Å². The molecule has 0 spiro atoms. The van der Waals surface area contributed by atoms with Gasteiger partial charge in [-0.15, -0.1) is 0 Å². The van der Waals surface area contributed by atoms with Crippen LogP contribution < -0.4 is 10.6 Å². The fraction of sp³-hybridized carbons (Fsp3) is 0.800. The van der Waals surface area contributed by atoms with Crippen LogP contribution in [-0.2, 0) is 9.59 Å². The van der Waals surface area contributed by atoms with E-state index in [-0.39, 0.29) is 29.8 Å². The lowest BCUT2D eigenvalue weighted by Gasteiger charge is -2.38. The van der Waals surface area contributed by atoms with Crippen molar-refractivity contribution in [2.75, 3.05) is 13.1 Å². The predicted molar refractivity (Wildman–Crippen MR) is 80.3 cm³/mol. The Morgan fingerprint density at radius 3 is 2.45 bits per heavy atom. The molecule has 1 unspecified atom stereocenters. The number of hydrogen-bond acceptors (Lipinski definition) is 3. The lowest BCUT2D eigenvalue weighted by Crippen LogP contribution is -2.62. The molecule has 0 aromatic rings. The Labute approximate surface area is 130 Å². The molecule has 1 atom stereocenters. The van der Waals surface area contributed by atoms with Crippen LogP contribution in [0.3, 0.4) is 0 Å². The first-order chi connectivity index (χ1) is 10.4. The van der Waals surface area contributed by atoms with E-state index in [0.717, 1.165) is 0 Å². The van der Waals surface area contributed by atoms with Gasteiger partial charge in [0.15, 0.2) is 0 Å². The largest absolute Gasteiger partial charge is 0.481 e. The van der Waals surface area contributed by atoms with Crippen molar-refractivity contribution < 1.29 is 19.5 Å². The number of nitrogens with zero attached hydrogens (tertiary/aromatic N) is 1. The summed E-state index contributed by atoms with van der Waals surface area (Å²) >= 11 is 0. The van der Waals surface area contributed by atoms with Crippen molar-refractivity contribution in [3.8, 4) is 0 Å². The van der Waals surface area contributed by atoms with Crippen LogP contribution in [0.15, 0.2) is 0 Å². The molecule has 2 aliphatic rings. The van der Waals surface area contributed by atoms with Gasteiger partial charge in [0.2, 0.25) is 5.91 Å². The van der Waals surface area contributed by atoms with Gasteiger partial charge in [-0.2, -0.15) is 0 Å². The molecule has 1 aliphatic carbocycles. The molecule has 0 aromatic heterocycles. The first-order valence-electron chi connectivity index (χ1n) is 7.97. The molecule has 2 rings (SSSR count). The lowest BCUT2D eigenvalue weighted by atomic mass is 9.86. The van der Waals surface area contributed by atoms with Crippen LogP contribution in [0.1, 0.15) is 39.5 Å². The van der Waals surface area contributed by atoms with Gasteiger partial charge in [-0.25, -0.2) is 4.79 Å². The molecule has 0 aromatic carbocycles. The van der Waals surface area contributed by atoms with Crippen molar-refractivity contribution >= 4 is 17.9 Å². The van der Waals surface area contributed by atoms with Crippen LogP contribution >= 0.6 is 0 Å². The number of carbonyl (C=O) groups is 3. The highest BCUT2D eigenvalue weighted by Gasteiger charge is 2.36. The summed E-state index contributed by atoms with van der Waals surface area (Å²) in [6, 6.07) is -0.655. The fourth-order valence-corrected chi connectivity index (χ4v) is 3.32. The highest BCUT2D eigenvalue weighted by molar-refractivity contribution is 5.88. The van der Waals surface area contributed by atoms with E-state index in [4.69, 9.17) is 5.11 Å². The maximum absolute atomic E-state index is 12.5. The highest BCUT2D eigenvalue weighted by atomic mass is 16.4.